The fraction of sp³-hybridized carbons (Fsp3) is 0.308. The molecule has 0 radical (unpaired) electrons. The number of H-pyrrole nitrogens is 1. The monoisotopic (exact) mass is 329 g/mol. The molecular formula is C13H14F3N5O2. The van der Waals surface area contributed by atoms with Crippen molar-refractivity contribution >= 4 is 11.7 Å². The zero-order valence-electron chi connectivity index (χ0n) is 12.0. The van der Waals surface area contributed by atoms with Crippen LogP contribution in [0.5, 0.6) is 0 Å². The maximum Gasteiger partial charge on any atom is 0.417 e. The summed E-state index contributed by atoms with van der Waals surface area (Å²) in [5.74, 6) is 0. The molecule has 2 amide bonds. The van der Waals surface area contributed by atoms with Crippen LogP contribution >= 0.6 is 0 Å². The van der Waals surface area contributed by atoms with Gasteiger partial charge in [-0.25, -0.2) is 4.79 Å². The quantitative estimate of drug-likeness (QED) is 0.799. The van der Waals surface area contributed by atoms with E-state index in [-0.39, 0.29) is 6.04 Å². The molecule has 0 spiro atoms. The molecule has 0 aliphatic rings. The van der Waals surface area contributed by atoms with Crippen LogP contribution in [0.2, 0.25) is 0 Å². The third-order valence-corrected chi connectivity index (χ3v) is 2.88. The predicted octanol–water partition coefficient (Wildman–Crippen LogP) is 1.80. The Morgan fingerprint density at radius 2 is 2.22 bits per heavy atom. The molecular weight excluding hydrogens is 315 g/mol. The normalized spacial score (nSPS) is 12.7. The average molecular weight is 329 g/mol. The number of halogens is 3. The number of pyridine rings is 1. The lowest BCUT2D eigenvalue weighted by molar-refractivity contribution is -0.137. The highest BCUT2D eigenvalue weighted by molar-refractivity contribution is 5.89. The summed E-state index contributed by atoms with van der Waals surface area (Å²) in [7, 11) is 0. The molecule has 124 valence electrons. The van der Waals surface area contributed by atoms with Crippen LogP contribution in [-0.2, 0) is 12.7 Å². The van der Waals surface area contributed by atoms with Crippen LogP contribution in [0.25, 0.3) is 0 Å². The Balaban J connectivity index is 2.01. The van der Waals surface area contributed by atoms with E-state index in [0.29, 0.717) is 18.8 Å². The van der Waals surface area contributed by atoms with E-state index in [2.05, 4.69) is 15.7 Å². The molecule has 0 unspecified atom stereocenters. The number of amides is 2. The van der Waals surface area contributed by atoms with Gasteiger partial charge in [0.1, 0.15) is 5.69 Å². The zero-order chi connectivity index (χ0) is 17.0. The number of hydrogen-bond acceptors (Lipinski definition) is 3. The smallest absolute Gasteiger partial charge is 0.334 e. The summed E-state index contributed by atoms with van der Waals surface area (Å²) < 4.78 is 39.4. The first-order valence-corrected chi connectivity index (χ1v) is 6.60. The van der Waals surface area contributed by atoms with Gasteiger partial charge in [0, 0.05) is 24.6 Å². The first-order valence-electron chi connectivity index (χ1n) is 6.60. The highest BCUT2D eigenvalue weighted by Gasteiger charge is 2.31. The summed E-state index contributed by atoms with van der Waals surface area (Å²) in [6.45, 7) is 2.07. The predicted molar refractivity (Wildman–Crippen MR) is 75.9 cm³/mol. The van der Waals surface area contributed by atoms with Crippen LogP contribution in [0.1, 0.15) is 12.5 Å². The van der Waals surface area contributed by atoms with E-state index in [4.69, 9.17) is 0 Å². The maximum absolute atomic E-state index is 12.6. The van der Waals surface area contributed by atoms with Crippen molar-refractivity contribution in [3.05, 3.63) is 46.6 Å². The first-order chi connectivity index (χ1) is 10.8. The minimum atomic E-state index is -4.62. The Hall–Kier alpha value is -2.78. The molecule has 10 heteroatoms. The van der Waals surface area contributed by atoms with E-state index in [1.807, 2.05) is 4.98 Å². The lowest BCUT2D eigenvalue weighted by atomic mass is 10.2. The molecule has 0 aliphatic heterocycles. The van der Waals surface area contributed by atoms with Crippen molar-refractivity contribution in [2.75, 3.05) is 5.32 Å². The number of hydrogen-bond donors (Lipinski definition) is 3. The van der Waals surface area contributed by atoms with Crippen LogP contribution in [0.4, 0.5) is 23.7 Å². The van der Waals surface area contributed by atoms with Crippen molar-refractivity contribution < 1.29 is 18.0 Å². The molecule has 0 aromatic carbocycles. The van der Waals surface area contributed by atoms with E-state index in [1.54, 1.807) is 30.1 Å². The summed E-state index contributed by atoms with van der Waals surface area (Å²) >= 11 is 0. The third kappa shape index (κ3) is 4.59. The molecule has 0 saturated heterocycles. The van der Waals surface area contributed by atoms with Gasteiger partial charge in [0.25, 0.3) is 5.56 Å². The van der Waals surface area contributed by atoms with E-state index in [0.717, 1.165) is 0 Å². The minimum absolute atomic E-state index is 0.347. The minimum Gasteiger partial charge on any atom is -0.334 e. The van der Waals surface area contributed by atoms with E-state index >= 15 is 0 Å². The number of aromatic amines is 1. The van der Waals surface area contributed by atoms with Gasteiger partial charge in [-0.05, 0) is 19.1 Å². The zero-order valence-corrected chi connectivity index (χ0v) is 12.0. The molecule has 1 atom stereocenters. The Morgan fingerprint density at radius 3 is 2.83 bits per heavy atom. The molecule has 23 heavy (non-hydrogen) atoms. The van der Waals surface area contributed by atoms with Crippen molar-refractivity contribution in [1.29, 1.82) is 0 Å². The van der Waals surface area contributed by atoms with Crippen LogP contribution in [0.15, 0.2) is 35.5 Å². The fourth-order valence-corrected chi connectivity index (χ4v) is 1.86. The third-order valence-electron chi connectivity index (χ3n) is 2.88. The molecule has 2 heterocycles. The fourth-order valence-electron chi connectivity index (χ4n) is 1.86. The molecule has 0 fully saturated rings. The largest absolute Gasteiger partial charge is 0.417 e. The molecule has 0 aliphatic carbocycles. The van der Waals surface area contributed by atoms with Gasteiger partial charge in [0.2, 0.25) is 0 Å². The second-order valence-electron chi connectivity index (χ2n) is 4.86. The van der Waals surface area contributed by atoms with Gasteiger partial charge in [0.05, 0.1) is 12.1 Å². The maximum atomic E-state index is 12.6. The van der Waals surface area contributed by atoms with E-state index < -0.39 is 29.0 Å². The summed E-state index contributed by atoms with van der Waals surface area (Å²) in [5.41, 5.74) is -2.37. The van der Waals surface area contributed by atoms with Gasteiger partial charge in [-0.2, -0.15) is 18.3 Å². The highest BCUT2D eigenvalue weighted by Crippen LogP contribution is 2.29. The standard InChI is InChI=1S/C13H14F3N5O2/c1-8(7-21-4-2-3-18-21)19-12(23)20-10-5-9(13(14,15)16)6-17-11(10)22/h2-6,8H,7H2,1H3,(H,17,22)(H2,19,20,23)/t8-/m1/s1. The number of rotatable bonds is 4. The topological polar surface area (TPSA) is 91.8 Å². The lowest BCUT2D eigenvalue weighted by Crippen LogP contribution is -2.39. The molecule has 2 aromatic heterocycles. The van der Waals surface area contributed by atoms with Gasteiger partial charge in [-0.15, -0.1) is 0 Å². The molecule has 0 bridgehead atoms. The van der Waals surface area contributed by atoms with Crippen molar-refractivity contribution in [3.8, 4) is 0 Å². The van der Waals surface area contributed by atoms with Gasteiger partial charge in [0.15, 0.2) is 0 Å². The Labute approximate surface area is 128 Å². The second kappa shape index (κ2) is 6.55. The number of nitrogens with zero attached hydrogens (tertiary/aromatic N) is 2. The van der Waals surface area contributed by atoms with Crippen molar-refractivity contribution in [3.63, 3.8) is 0 Å². The highest BCUT2D eigenvalue weighted by atomic mass is 19.4. The number of anilines is 1. The summed E-state index contributed by atoms with van der Waals surface area (Å²) in [6, 6.07) is 1.17. The second-order valence-corrected chi connectivity index (χ2v) is 4.86. The molecule has 2 aromatic rings. The number of nitrogens with one attached hydrogen (secondary N) is 3. The first kappa shape index (κ1) is 16.6. The summed E-state index contributed by atoms with van der Waals surface area (Å²) in [5, 5.41) is 8.58. The van der Waals surface area contributed by atoms with Gasteiger partial charge < -0.3 is 15.6 Å². The Morgan fingerprint density at radius 1 is 1.48 bits per heavy atom. The SMILES string of the molecule is C[C@H](Cn1cccn1)NC(=O)Nc1cc(C(F)(F)F)c[nH]c1=O. The Bertz CT molecular complexity index is 724. The number of aromatic nitrogens is 3. The van der Waals surface area contributed by atoms with Gasteiger partial charge >= 0.3 is 12.2 Å². The van der Waals surface area contributed by atoms with Crippen LogP contribution in [0, 0.1) is 0 Å². The van der Waals surface area contributed by atoms with Gasteiger partial charge in [-0.3, -0.25) is 9.48 Å². The van der Waals surface area contributed by atoms with E-state index in [9.17, 15) is 22.8 Å². The number of carbonyl (C=O) groups is 1. The van der Waals surface area contributed by atoms with Crippen LogP contribution in [0.3, 0.4) is 0 Å². The van der Waals surface area contributed by atoms with E-state index in [1.165, 1.54) is 0 Å². The number of urea groups is 1. The lowest BCUT2D eigenvalue weighted by Gasteiger charge is -2.15. The summed E-state index contributed by atoms with van der Waals surface area (Å²) in [6.07, 6.45) is -0.793. The summed E-state index contributed by atoms with van der Waals surface area (Å²) in [4.78, 5) is 25.2. The average Bonchev–Trinajstić information content (AvgIpc) is 2.92. The number of carbonyl (C=O) groups excluding carboxylic acids is 1. The van der Waals surface area contributed by atoms with Gasteiger partial charge in [-0.1, -0.05) is 0 Å². The van der Waals surface area contributed by atoms with Crippen LogP contribution < -0.4 is 16.2 Å². The molecule has 3 N–H and O–H groups in total. The van der Waals surface area contributed by atoms with Crippen molar-refractivity contribution in [2.24, 2.45) is 0 Å². The molecule has 2 rings (SSSR count). The molecule has 7 nitrogen and oxygen atoms in total. The molecule has 0 saturated carbocycles. The van der Waals surface area contributed by atoms with Crippen LogP contribution in [-0.4, -0.2) is 26.8 Å². The van der Waals surface area contributed by atoms with Crippen molar-refractivity contribution in [1.82, 2.24) is 20.1 Å². The number of alkyl halides is 3. The Kier molecular flexibility index (Phi) is 4.72. The van der Waals surface area contributed by atoms with Crippen molar-refractivity contribution in [2.45, 2.75) is 25.7 Å².